The lowest BCUT2D eigenvalue weighted by Crippen LogP contribution is -2.10. The first-order valence-corrected chi connectivity index (χ1v) is 4.07. The predicted molar refractivity (Wildman–Crippen MR) is 43.9 cm³/mol. The number of pyridine rings is 1. The Balaban J connectivity index is 3.21. The number of carboxylic acid groups (broad SMARTS) is 1. The highest BCUT2D eigenvalue weighted by Gasteiger charge is 2.35. The van der Waals surface area contributed by atoms with Gasteiger partial charge in [-0.1, -0.05) is 0 Å². The van der Waals surface area contributed by atoms with Crippen LogP contribution in [0.15, 0.2) is 16.7 Å². The Labute approximate surface area is 84.7 Å². The summed E-state index contributed by atoms with van der Waals surface area (Å²) in [4.78, 5) is 13.4. The molecule has 1 aromatic heterocycles. The Morgan fingerprint density at radius 2 is 2.07 bits per heavy atom. The Kier molecular flexibility index (Phi) is 2.79. The van der Waals surface area contributed by atoms with Crippen LogP contribution in [0, 0.1) is 0 Å². The molecule has 1 aromatic rings. The van der Waals surface area contributed by atoms with Crippen LogP contribution in [0.3, 0.4) is 0 Å². The van der Waals surface area contributed by atoms with E-state index >= 15 is 0 Å². The van der Waals surface area contributed by atoms with Gasteiger partial charge in [-0.3, -0.25) is 0 Å². The lowest BCUT2D eigenvalue weighted by Gasteiger charge is -2.07. The summed E-state index contributed by atoms with van der Waals surface area (Å²) in [6, 6.07) is 0.859. The summed E-state index contributed by atoms with van der Waals surface area (Å²) in [7, 11) is 0. The van der Waals surface area contributed by atoms with Crippen molar-refractivity contribution in [3.63, 3.8) is 0 Å². The van der Waals surface area contributed by atoms with Crippen molar-refractivity contribution >= 4 is 21.9 Å². The molecule has 3 nitrogen and oxygen atoms in total. The minimum Gasteiger partial charge on any atom is -0.478 e. The molecule has 0 atom stereocenters. The van der Waals surface area contributed by atoms with Gasteiger partial charge in [0.2, 0.25) is 0 Å². The van der Waals surface area contributed by atoms with E-state index in [4.69, 9.17) is 5.11 Å². The first-order valence-electron chi connectivity index (χ1n) is 3.28. The molecule has 0 saturated carbocycles. The van der Waals surface area contributed by atoms with Crippen LogP contribution in [0.25, 0.3) is 0 Å². The van der Waals surface area contributed by atoms with Crippen molar-refractivity contribution < 1.29 is 23.1 Å². The summed E-state index contributed by atoms with van der Waals surface area (Å²) in [6.45, 7) is 0. The van der Waals surface area contributed by atoms with Gasteiger partial charge < -0.3 is 5.11 Å². The molecule has 0 radical (unpaired) electrons. The molecule has 1 rings (SSSR count). The summed E-state index contributed by atoms with van der Waals surface area (Å²) in [5, 5.41) is 8.46. The van der Waals surface area contributed by atoms with Crippen molar-refractivity contribution in [2.24, 2.45) is 0 Å². The van der Waals surface area contributed by atoms with Gasteiger partial charge in [0.1, 0.15) is 0 Å². The molecule has 0 amide bonds. The molecular formula is C7H3BrF3NO2. The fraction of sp³-hybridized carbons (Fsp3) is 0.143. The highest BCUT2D eigenvalue weighted by molar-refractivity contribution is 9.10. The maximum atomic E-state index is 12.1. The summed E-state index contributed by atoms with van der Waals surface area (Å²) in [6.07, 6.45) is -3.92. The van der Waals surface area contributed by atoms with Crippen molar-refractivity contribution in [2.75, 3.05) is 0 Å². The SMILES string of the molecule is O=C(O)c1cnc(C(F)(F)F)c(Br)c1. The highest BCUT2D eigenvalue weighted by Crippen LogP contribution is 2.33. The molecule has 0 aliphatic heterocycles. The van der Waals surface area contributed by atoms with Gasteiger partial charge in [-0.2, -0.15) is 13.2 Å². The number of nitrogens with zero attached hydrogens (tertiary/aromatic N) is 1. The van der Waals surface area contributed by atoms with E-state index in [1.54, 1.807) is 0 Å². The monoisotopic (exact) mass is 269 g/mol. The van der Waals surface area contributed by atoms with Gasteiger partial charge in [-0.05, 0) is 22.0 Å². The highest BCUT2D eigenvalue weighted by atomic mass is 79.9. The maximum absolute atomic E-state index is 12.1. The standard InChI is InChI=1S/C7H3BrF3NO2/c8-4-1-3(6(13)14)2-12-5(4)7(9,10)11/h1-2H,(H,13,14). The lowest BCUT2D eigenvalue weighted by molar-refractivity contribution is -0.141. The number of aromatic nitrogens is 1. The molecule has 0 bridgehead atoms. The van der Waals surface area contributed by atoms with Crippen LogP contribution < -0.4 is 0 Å². The smallest absolute Gasteiger partial charge is 0.434 e. The molecule has 0 aromatic carbocycles. The average Bonchev–Trinajstić information content (AvgIpc) is 2.01. The number of alkyl halides is 3. The largest absolute Gasteiger partial charge is 0.478 e. The lowest BCUT2D eigenvalue weighted by atomic mass is 10.2. The van der Waals surface area contributed by atoms with E-state index in [-0.39, 0.29) is 10.0 Å². The van der Waals surface area contributed by atoms with Crippen LogP contribution in [0.4, 0.5) is 13.2 Å². The Hall–Kier alpha value is -1.11. The second-order valence-electron chi connectivity index (χ2n) is 2.36. The zero-order valence-corrected chi connectivity index (χ0v) is 8.06. The van der Waals surface area contributed by atoms with E-state index in [2.05, 4.69) is 20.9 Å². The quantitative estimate of drug-likeness (QED) is 0.853. The molecular weight excluding hydrogens is 267 g/mol. The van der Waals surface area contributed by atoms with E-state index in [0.717, 1.165) is 6.07 Å². The number of hydrogen-bond acceptors (Lipinski definition) is 2. The minimum atomic E-state index is -4.59. The van der Waals surface area contributed by atoms with Gasteiger partial charge in [-0.25, -0.2) is 9.78 Å². The van der Waals surface area contributed by atoms with Gasteiger partial charge in [-0.15, -0.1) is 0 Å². The third kappa shape index (κ3) is 2.22. The van der Waals surface area contributed by atoms with E-state index in [1.165, 1.54) is 0 Å². The first kappa shape index (κ1) is 11.0. The number of halogens is 4. The summed E-state index contributed by atoms with van der Waals surface area (Å²) >= 11 is 2.61. The van der Waals surface area contributed by atoms with Crippen LogP contribution in [0.5, 0.6) is 0 Å². The molecule has 0 fully saturated rings. The maximum Gasteiger partial charge on any atom is 0.434 e. The van der Waals surface area contributed by atoms with Crippen molar-refractivity contribution in [2.45, 2.75) is 6.18 Å². The van der Waals surface area contributed by atoms with Crippen LogP contribution in [0.2, 0.25) is 0 Å². The van der Waals surface area contributed by atoms with E-state index < -0.39 is 17.8 Å². The minimum absolute atomic E-state index is 0.301. The van der Waals surface area contributed by atoms with Crippen molar-refractivity contribution in [3.8, 4) is 0 Å². The molecule has 7 heteroatoms. The second kappa shape index (κ2) is 3.56. The van der Waals surface area contributed by atoms with Crippen LogP contribution in [0.1, 0.15) is 16.1 Å². The zero-order chi connectivity index (χ0) is 10.9. The normalized spacial score (nSPS) is 11.4. The summed E-state index contributed by atoms with van der Waals surface area (Å²) in [5.74, 6) is -1.33. The van der Waals surface area contributed by atoms with Gasteiger partial charge >= 0.3 is 12.1 Å². The Morgan fingerprint density at radius 1 is 1.50 bits per heavy atom. The number of rotatable bonds is 1. The molecule has 76 valence electrons. The fourth-order valence-corrected chi connectivity index (χ4v) is 1.34. The van der Waals surface area contributed by atoms with E-state index in [0.29, 0.717) is 6.20 Å². The van der Waals surface area contributed by atoms with Crippen molar-refractivity contribution in [3.05, 3.63) is 28.0 Å². The van der Waals surface area contributed by atoms with Gasteiger partial charge in [0.15, 0.2) is 5.69 Å². The van der Waals surface area contributed by atoms with E-state index in [9.17, 15) is 18.0 Å². The molecule has 14 heavy (non-hydrogen) atoms. The fourth-order valence-electron chi connectivity index (χ4n) is 0.763. The summed E-state index contributed by atoms with van der Waals surface area (Å²) in [5.41, 5.74) is -1.44. The van der Waals surface area contributed by atoms with Gasteiger partial charge in [0.05, 0.1) is 5.56 Å². The third-order valence-corrected chi connectivity index (χ3v) is 1.96. The van der Waals surface area contributed by atoms with Gasteiger partial charge in [0, 0.05) is 10.7 Å². The number of carboxylic acids is 1. The summed E-state index contributed by atoms with van der Waals surface area (Å²) < 4.78 is 36.0. The zero-order valence-electron chi connectivity index (χ0n) is 6.47. The first-order chi connectivity index (χ1) is 6.32. The Morgan fingerprint density at radius 3 is 2.43 bits per heavy atom. The molecule has 0 aliphatic carbocycles. The molecule has 0 saturated heterocycles. The molecule has 0 spiro atoms. The number of aromatic carboxylic acids is 1. The van der Waals surface area contributed by atoms with Crippen molar-refractivity contribution in [1.82, 2.24) is 4.98 Å². The molecule has 1 N–H and O–H groups in total. The predicted octanol–water partition coefficient (Wildman–Crippen LogP) is 2.56. The molecule has 0 unspecified atom stereocenters. The third-order valence-electron chi connectivity index (χ3n) is 1.36. The topological polar surface area (TPSA) is 50.2 Å². The van der Waals surface area contributed by atoms with Crippen LogP contribution in [-0.2, 0) is 6.18 Å². The molecule has 0 aliphatic rings. The van der Waals surface area contributed by atoms with E-state index in [1.807, 2.05) is 0 Å². The Bertz CT molecular complexity index is 378. The van der Waals surface area contributed by atoms with Gasteiger partial charge in [0.25, 0.3) is 0 Å². The average molecular weight is 270 g/mol. The second-order valence-corrected chi connectivity index (χ2v) is 3.21. The van der Waals surface area contributed by atoms with Crippen LogP contribution >= 0.6 is 15.9 Å². The van der Waals surface area contributed by atoms with Crippen molar-refractivity contribution in [1.29, 1.82) is 0 Å². The molecule has 1 heterocycles. The number of hydrogen-bond donors (Lipinski definition) is 1. The number of carbonyl (C=O) groups is 1. The van der Waals surface area contributed by atoms with Crippen LogP contribution in [-0.4, -0.2) is 16.1 Å².